The van der Waals surface area contributed by atoms with Gasteiger partial charge in [0.05, 0.1) is 18.3 Å². The first-order valence-corrected chi connectivity index (χ1v) is 10.8. The zero-order chi connectivity index (χ0) is 23.4. The molecule has 1 amide bonds. The molecule has 9 heteroatoms. The van der Waals surface area contributed by atoms with E-state index < -0.39 is 52.7 Å². The highest BCUT2D eigenvalue weighted by molar-refractivity contribution is 6.24. The number of Topliss-reactive ketones (excluding diaryl/α,β-unsaturated/α-hetero) is 2. The zero-order valence-electron chi connectivity index (χ0n) is 17.7. The topological polar surface area (TPSA) is 167 Å². The number of phenols is 1. The number of unbranched alkanes of at least 4 members (excludes halogenated alkanes) is 1. The van der Waals surface area contributed by atoms with E-state index in [-0.39, 0.29) is 36.1 Å². The maximum Gasteiger partial charge on any atom is 0.230 e. The predicted molar refractivity (Wildman–Crippen MR) is 112 cm³/mol. The van der Waals surface area contributed by atoms with Crippen molar-refractivity contribution in [3.05, 3.63) is 28.8 Å². The van der Waals surface area contributed by atoms with Crippen LogP contribution in [-0.2, 0) is 20.8 Å². The fourth-order valence-electron chi connectivity index (χ4n) is 5.36. The summed E-state index contributed by atoms with van der Waals surface area (Å²) in [5, 5.41) is 42.9. The monoisotopic (exact) mass is 445 g/mol. The Labute approximate surface area is 184 Å². The van der Waals surface area contributed by atoms with E-state index in [4.69, 9.17) is 10.5 Å². The number of fused-ring (bicyclic) bond motifs is 3. The highest BCUT2D eigenvalue weighted by Crippen LogP contribution is 2.52. The number of carbonyl (C=O) groups excluding carboxylic acids is 3. The maximum atomic E-state index is 13.4. The minimum atomic E-state index is -2.57. The van der Waals surface area contributed by atoms with Gasteiger partial charge < -0.3 is 30.9 Å². The van der Waals surface area contributed by atoms with E-state index in [0.29, 0.717) is 17.9 Å². The van der Waals surface area contributed by atoms with Crippen LogP contribution in [0, 0.1) is 17.8 Å². The molecule has 0 bridgehead atoms. The largest absolute Gasteiger partial charge is 0.507 e. The number of amides is 1. The molecule has 3 aliphatic carbocycles. The van der Waals surface area contributed by atoms with Crippen molar-refractivity contribution in [3.63, 3.8) is 0 Å². The zero-order valence-corrected chi connectivity index (χ0v) is 17.7. The minimum absolute atomic E-state index is 0.0374. The van der Waals surface area contributed by atoms with Crippen LogP contribution < -0.4 is 10.5 Å². The van der Waals surface area contributed by atoms with Crippen LogP contribution >= 0.6 is 0 Å². The van der Waals surface area contributed by atoms with Gasteiger partial charge in [-0.2, -0.15) is 0 Å². The third-order valence-corrected chi connectivity index (χ3v) is 6.98. The summed E-state index contributed by atoms with van der Waals surface area (Å²) < 4.78 is 5.83. The van der Waals surface area contributed by atoms with E-state index in [1.165, 1.54) is 6.07 Å². The summed E-state index contributed by atoms with van der Waals surface area (Å²) in [5.74, 6) is -6.76. The van der Waals surface area contributed by atoms with Crippen molar-refractivity contribution in [2.75, 3.05) is 6.61 Å². The van der Waals surface area contributed by atoms with Crippen molar-refractivity contribution in [1.29, 1.82) is 0 Å². The normalized spacial score (nSPS) is 31.6. The first-order valence-electron chi connectivity index (χ1n) is 10.8. The van der Waals surface area contributed by atoms with Crippen LogP contribution in [0.3, 0.4) is 0 Å². The Kier molecular flexibility index (Phi) is 5.50. The highest BCUT2D eigenvalue weighted by atomic mass is 16.5. The SMILES string of the molecule is CCCCOc1ccc(O)c2c1C[C@H]1C[C@H]3CC(O)C(C(N)=O)C(=O)[C@@]3(O)C(=O)C1=C2O. The molecule has 0 aromatic heterocycles. The van der Waals surface area contributed by atoms with Gasteiger partial charge in [-0.15, -0.1) is 0 Å². The predicted octanol–water partition coefficient (Wildman–Crippen LogP) is 0.768. The van der Waals surface area contributed by atoms with Crippen molar-refractivity contribution >= 4 is 23.2 Å². The average Bonchev–Trinajstić information content (AvgIpc) is 2.72. The summed E-state index contributed by atoms with van der Waals surface area (Å²) in [6, 6.07) is 2.96. The number of aliphatic hydroxyl groups is 3. The summed E-state index contributed by atoms with van der Waals surface area (Å²) in [4.78, 5) is 38.0. The fraction of sp³-hybridized carbons (Fsp3) is 0.522. The molecule has 1 aromatic rings. The van der Waals surface area contributed by atoms with Gasteiger partial charge in [0.15, 0.2) is 11.4 Å². The molecule has 2 saturated carbocycles. The lowest BCUT2D eigenvalue weighted by Crippen LogP contribution is -2.66. The lowest BCUT2D eigenvalue weighted by atomic mass is 9.56. The van der Waals surface area contributed by atoms with Gasteiger partial charge in [-0.3, -0.25) is 14.4 Å². The number of ketones is 2. The smallest absolute Gasteiger partial charge is 0.230 e. The standard InChI is InChI=1S/C23H27NO8/c1-2-3-6-32-15-5-4-13(25)17-12(15)8-10-7-11-9-14(26)18(22(24)30)21(29)23(11,31)20(28)16(10)19(17)27/h4-5,10-11,14,18,25-27,31H,2-3,6-9H2,1H3,(H2,24,30)/t10-,11+,14?,18?,23+/m1/s1. The highest BCUT2D eigenvalue weighted by Gasteiger charge is 2.64. The molecule has 4 rings (SSSR count). The fourth-order valence-corrected chi connectivity index (χ4v) is 5.36. The van der Waals surface area contributed by atoms with E-state index in [0.717, 1.165) is 12.8 Å². The van der Waals surface area contributed by atoms with Gasteiger partial charge in [0.25, 0.3) is 0 Å². The van der Waals surface area contributed by atoms with Gasteiger partial charge in [0.2, 0.25) is 11.7 Å². The average molecular weight is 445 g/mol. The second kappa shape index (κ2) is 7.90. The van der Waals surface area contributed by atoms with Crippen molar-refractivity contribution < 1.29 is 39.5 Å². The van der Waals surface area contributed by atoms with Crippen LogP contribution in [0.15, 0.2) is 17.7 Å². The number of benzene rings is 1. The molecule has 5 atom stereocenters. The molecule has 6 N–H and O–H groups in total. The Balaban J connectivity index is 1.80. The number of nitrogens with two attached hydrogens (primary N) is 1. The quantitative estimate of drug-likeness (QED) is 0.327. The Morgan fingerprint density at radius 2 is 1.97 bits per heavy atom. The Hall–Kier alpha value is -2.91. The van der Waals surface area contributed by atoms with E-state index in [9.17, 15) is 34.8 Å². The van der Waals surface area contributed by atoms with Crippen LogP contribution in [0.1, 0.15) is 43.7 Å². The number of ether oxygens (including phenoxy) is 1. The minimum Gasteiger partial charge on any atom is -0.507 e. The van der Waals surface area contributed by atoms with Gasteiger partial charge in [-0.25, -0.2) is 0 Å². The van der Waals surface area contributed by atoms with Crippen LogP contribution in [-0.4, -0.2) is 56.2 Å². The Bertz CT molecular complexity index is 1030. The molecule has 0 saturated heterocycles. The van der Waals surface area contributed by atoms with Crippen LogP contribution in [0.25, 0.3) is 5.76 Å². The molecule has 1 aromatic carbocycles. The molecule has 3 aliphatic rings. The van der Waals surface area contributed by atoms with E-state index >= 15 is 0 Å². The molecular formula is C23H27NO8. The van der Waals surface area contributed by atoms with Crippen molar-refractivity contribution in [2.45, 2.75) is 50.7 Å². The second-order valence-corrected chi connectivity index (χ2v) is 8.88. The third-order valence-electron chi connectivity index (χ3n) is 6.98. The molecular weight excluding hydrogens is 418 g/mol. The molecule has 172 valence electrons. The first-order chi connectivity index (χ1) is 15.1. The number of aliphatic hydroxyl groups excluding tert-OH is 2. The lowest BCUT2D eigenvalue weighted by molar-refractivity contribution is -0.174. The molecule has 0 radical (unpaired) electrons. The van der Waals surface area contributed by atoms with Crippen LogP contribution in [0.5, 0.6) is 11.5 Å². The molecule has 0 aliphatic heterocycles. The van der Waals surface area contributed by atoms with Crippen molar-refractivity contribution in [2.24, 2.45) is 23.5 Å². The van der Waals surface area contributed by atoms with E-state index in [1.807, 2.05) is 6.92 Å². The van der Waals surface area contributed by atoms with Crippen LogP contribution in [0.2, 0.25) is 0 Å². The number of hydrogen-bond donors (Lipinski definition) is 5. The Morgan fingerprint density at radius 1 is 1.25 bits per heavy atom. The summed E-state index contributed by atoms with van der Waals surface area (Å²) in [7, 11) is 0. The van der Waals surface area contributed by atoms with Gasteiger partial charge >= 0.3 is 0 Å². The van der Waals surface area contributed by atoms with Crippen LogP contribution in [0.4, 0.5) is 0 Å². The molecule has 0 heterocycles. The number of phenolic OH excluding ortho intramolecular Hbond substituents is 1. The van der Waals surface area contributed by atoms with Gasteiger partial charge in [-0.1, -0.05) is 13.3 Å². The molecule has 0 spiro atoms. The van der Waals surface area contributed by atoms with Gasteiger partial charge in [0.1, 0.15) is 23.2 Å². The number of hydrogen-bond acceptors (Lipinski definition) is 8. The van der Waals surface area contributed by atoms with E-state index in [2.05, 4.69) is 0 Å². The van der Waals surface area contributed by atoms with Crippen molar-refractivity contribution in [1.82, 2.24) is 0 Å². The summed E-state index contributed by atoms with van der Waals surface area (Å²) in [6.45, 7) is 2.47. The number of primary amides is 1. The first kappa shape index (κ1) is 22.3. The molecule has 2 fully saturated rings. The van der Waals surface area contributed by atoms with Gasteiger partial charge in [0, 0.05) is 17.1 Å². The molecule has 9 nitrogen and oxygen atoms in total. The number of rotatable bonds is 5. The third kappa shape index (κ3) is 3.10. The van der Waals surface area contributed by atoms with Gasteiger partial charge in [-0.05, 0) is 43.7 Å². The number of aromatic hydroxyl groups is 1. The van der Waals surface area contributed by atoms with E-state index in [1.54, 1.807) is 6.07 Å². The summed E-state index contributed by atoms with van der Waals surface area (Å²) in [6.07, 6.45) is 0.561. The Morgan fingerprint density at radius 3 is 2.62 bits per heavy atom. The lowest BCUT2D eigenvalue weighted by Gasteiger charge is -2.48. The molecule has 2 unspecified atom stereocenters. The maximum absolute atomic E-state index is 13.4. The second-order valence-electron chi connectivity index (χ2n) is 8.88. The molecule has 32 heavy (non-hydrogen) atoms. The summed E-state index contributed by atoms with van der Waals surface area (Å²) in [5.41, 5.74) is 3.08. The summed E-state index contributed by atoms with van der Waals surface area (Å²) >= 11 is 0. The number of carbonyl (C=O) groups is 3. The van der Waals surface area contributed by atoms with Crippen molar-refractivity contribution in [3.8, 4) is 11.5 Å².